The Hall–Kier alpha value is -3.06. The van der Waals surface area contributed by atoms with E-state index in [-0.39, 0.29) is 39.0 Å². The molecule has 0 aromatic carbocycles. The lowest BCUT2D eigenvalue weighted by Gasteiger charge is -2.11. The summed E-state index contributed by atoms with van der Waals surface area (Å²) in [5.41, 5.74) is -1.26. The second-order valence-corrected chi connectivity index (χ2v) is 9.02. The molecule has 4 aromatic heterocycles. The van der Waals surface area contributed by atoms with Crippen molar-refractivity contribution in [1.82, 2.24) is 34.3 Å². The standard InChI is InChI=1S/C17H13ClF3N7O2S/c1-3-31(29,30)10-4-5-12(28-8-22-7-23-28)26-13(10)16-24-9-6-11(17(19,20)21)25-15(18)14(9)27(16)2/h4-8H,3H2,1-2H3. The first-order valence-corrected chi connectivity index (χ1v) is 10.7. The van der Waals surface area contributed by atoms with Crippen LogP contribution in [0, 0.1) is 0 Å². The van der Waals surface area contributed by atoms with E-state index in [1.54, 1.807) is 0 Å². The summed E-state index contributed by atoms with van der Waals surface area (Å²) in [6, 6.07) is 3.54. The Balaban J connectivity index is 2.03. The fraction of sp³-hybridized carbons (Fsp3) is 0.235. The van der Waals surface area contributed by atoms with E-state index in [4.69, 9.17) is 11.6 Å². The van der Waals surface area contributed by atoms with Gasteiger partial charge in [0.05, 0.1) is 16.2 Å². The highest BCUT2D eigenvalue weighted by molar-refractivity contribution is 7.91. The maximum atomic E-state index is 13.1. The topological polar surface area (TPSA) is 108 Å². The Kier molecular flexibility index (Phi) is 4.97. The quantitative estimate of drug-likeness (QED) is 0.421. The summed E-state index contributed by atoms with van der Waals surface area (Å²) in [6.07, 6.45) is -2.08. The van der Waals surface area contributed by atoms with Gasteiger partial charge in [0.1, 0.15) is 29.6 Å². The van der Waals surface area contributed by atoms with Crippen molar-refractivity contribution in [2.24, 2.45) is 7.05 Å². The van der Waals surface area contributed by atoms with E-state index in [9.17, 15) is 21.6 Å². The van der Waals surface area contributed by atoms with E-state index in [0.29, 0.717) is 0 Å². The van der Waals surface area contributed by atoms with Crippen molar-refractivity contribution in [3.8, 4) is 17.3 Å². The average Bonchev–Trinajstić information content (AvgIpc) is 3.35. The lowest BCUT2D eigenvalue weighted by atomic mass is 10.3. The predicted octanol–water partition coefficient (Wildman–Crippen LogP) is 3.08. The van der Waals surface area contributed by atoms with Gasteiger partial charge in [-0.05, 0) is 18.2 Å². The second kappa shape index (κ2) is 7.27. The molecule has 0 atom stereocenters. The SMILES string of the molecule is CCS(=O)(=O)c1ccc(-n2cncn2)nc1-c1nc2cc(C(F)(F)F)nc(Cl)c2n1C. The number of alkyl halides is 3. The number of rotatable bonds is 4. The van der Waals surface area contributed by atoms with E-state index in [2.05, 4.69) is 25.0 Å². The van der Waals surface area contributed by atoms with Gasteiger partial charge in [0, 0.05) is 7.05 Å². The molecule has 14 heteroatoms. The van der Waals surface area contributed by atoms with Gasteiger partial charge in [-0.25, -0.2) is 33.0 Å². The van der Waals surface area contributed by atoms with Gasteiger partial charge in [0.2, 0.25) is 0 Å². The van der Waals surface area contributed by atoms with Crippen LogP contribution >= 0.6 is 11.6 Å². The molecule has 0 spiro atoms. The summed E-state index contributed by atoms with van der Waals surface area (Å²) in [5, 5.41) is 3.54. The maximum Gasteiger partial charge on any atom is 0.433 e. The molecule has 0 radical (unpaired) electrons. The molecule has 0 fully saturated rings. The molecule has 0 N–H and O–H groups in total. The number of hydrogen-bond donors (Lipinski definition) is 0. The molecule has 0 saturated carbocycles. The minimum absolute atomic E-state index is 0.00650. The van der Waals surface area contributed by atoms with E-state index >= 15 is 0 Å². The van der Waals surface area contributed by atoms with E-state index in [1.807, 2.05) is 0 Å². The van der Waals surface area contributed by atoms with Crippen molar-refractivity contribution < 1.29 is 21.6 Å². The van der Waals surface area contributed by atoms with Gasteiger partial charge < -0.3 is 4.57 Å². The van der Waals surface area contributed by atoms with E-state index in [1.165, 1.54) is 48.0 Å². The third kappa shape index (κ3) is 3.63. The van der Waals surface area contributed by atoms with Gasteiger partial charge in [0.15, 0.2) is 26.6 Å². The third-order valence-electron chi connectivity index (χ3n) is 4.52. The summed E-state index contributed by atoms with van der Waals surface area (Å²) < 4.78 is 67.4. The molecule has 0 unspecified atom stereocenters. The summed E-state index contributed by atoms with van der Waals surface area (Å²) >= 11 is 6.01. The van der Waals surface area contributed by atoms with Crippen molar-refractivity contribution in [2.75, 3.05) is 5.75 Å². The van der Waals surface area contributed by atoms with Crippen molar-refractivity contribution in [1.29, 1.82) is 0 Å². The van der Waals surface area contributed by atoms with Gasteiger partial charge in [-0.15, -0.1) is 0 Å². The van der Waals surface area contributed by atoms with Crippen molar-refractivity contribution >= 4 is 32.5 Å². The highest BCUT2D eigenvalue weighted by Crippen LogP contribution is 2.35. The Morgan fingerprint density at radius 1 is 1.16 bits per heavy atom. The van der Waals surface area contributed by atoms with Gasteiger partial charge in [0.25, 0.3) is 0 Å². The first kappa shape index (κ1) is 21.2. The van der Waals surface area contributed by atoms with Crippen LogP contribution in [-0.2, 0) is 23.1 Å². The molecule has 0 aliphatic heterocycles. The van der Waals surface area contributed by atoms with Crippen LogP contribution < -0.4 is 0 Å². The molecular formula is C17H13ClF3N7O2S. The number of aryl methyl sites for hydroxylation is 1. The molecule has 0 aliphatic carbocycles. The molecule has 0 amide bonds. The Morgan fingerprint density at radius 2 is 1.90 bits per heavy atom. The highest BCUT2D eigenvalue weighted by atomic mass is 35.5. The number of aromatic nitrogens is 7. The first-order chi connectivity index (χ1) is 14.5. The van der Waals surface area contributed by atoms with Crippen LogP contribution in [0.15, 0.2) is 35.7 Å². The smallest absolute Gasteiger partial charge is 0.323 e. The van der Waals surface area contributed by atoms with E-state index in [0.717, 1.165) is 6.07 Å². The van der Waals surface area contributed by atoms with Gasteiger partial charge in [-0.3, -0.25) is 0 Å². The number of halogens is 4. The van der Waals surface area contributed by atoms with Crippen molar-refractivity contribution in [3.05, 3.63) is 41.7 Å². The van der Waals surface area contributed by atoms with Crippen LogP contribution in [-0.4, -0.2) is 48.5 Å². The zero-order valence-corrected chi connectivity index (χ0v) is 17.5. The average molecular weight is 472 g/mol. The zero-order valence-electron chi connectivity index (χ0n) is 16.0. The Bertz CT molecular complexity index is 1400. The summed E-state index contributed by atoms with van der Waals surface area (Å²) in [4.78, 5) is 15.7. The van der Waals surface area contributed by atoms with Gasteiger partial charge >= 0.3 is 6.18 Å². The van der Waals surface area contributed by atoms with Crippen LogP contribution in [0.4, 0.5) is 13.2 Å². The van der Waals surface area contributed by atoms with Crippen LogP contribution in [0.1, 0.15) is 12.6 Å². The molecule has 0 aliphatic rings. The number of pyridine rings is 2. The number of sulfone groups is 1. The summed E-state index contributed by atoms with van der Waals surface area (Å²) in [6.45, 7) is 1.47. The number of fused-ring (bicyclic) bond motifs is 1. The molecule has 31 heavy (non-hydrogen) atoms. The normalized spacial score (nSPS) is 12.6. The Labute approximate surface area is 178 Å². The van der Waals surface area contributed by atoms with Gasteiger partial charge in [-0.2, -0.15) is 18.3 Å². The molecular weight excluding hydrogens is 459 g/mol. The number of imidazole rings is 1. The molecule has 162 valence electrons. The van der Waals surface area contributed by atoms with Crippen LogP contribution in [0.2, 0.25) is 5.15 Å². The molecule has 4 rings (SSSR count). The Morgan fingerprint density at radius 3 is 2.52 bits per heavy atom. The fourth-order valence-electron chi connectivity index (χ4n) is 3.00. The lowest BCUT2D eigenvalue weighted by Crippen LogP contribution is -2.11. The monoisotopic (exact) mass is 471 g/mol. The highest BCUT2D eigenvalue weighted by Gasteiger charge is 2.34. The zero-order chi connectivity index (χ0) is 22.6. The van der Waals surface area contributed by atoms with Crippen LogP contribution in [0.25, 0.3) is 28.4 Å². The molecule has 0 saturated heterocycles. The second-order valence-electron chi connectivity index (χ2n) is 6.42. The summed E-state index contributed by atoms with van der Waals surface area (Å²) in [5.74, 6) is 0.0382. The minimum Gasteiger partial charge on any atom is -0.323 e. The molecule has 9 nitrogen and oxygen atoms in total. The minimum atomic E-state index is -4.72. The molecule has 4 heterocycles. The lowest BCUT2D eigenvalue weighted by molar-refractivity contribution is -0.141. The van der Waals surface area contributed by atoms with E-state index < -0.39 is 26.9 Å². The number of nitrogens with zero attached hydrogens (tertiary/aromatic N) is 7. The van der Waals surface area contributed by atoms with Crippen LogP contribution in [0.3, 0.4) is 0 Å². The van der Waals surface area contributed by atoms with Crippen molar-refractivity contribution in [3.63, 3.8) is 0 Å². The number of hydrogen-bond acceptors (Lipinski definition) is 7. The molecule has 4 aromatic rings. The third-order valence-corrected chi connectivity index (χ3v) is 6.55. The summed E-state index contributed by atoms with van der Waals surface area (Å²) in [7, 11) is -2.26. The molecule has 0 bridgehead atoms. The van der Waals surface area contributed by atoms with Crippen LogP contribution in [0.5, 0.6) is 0 Å². The maximum absolute atomic E-state index is 13.1. The largest absolute Gasteiger partial charge is 0.433 e. The fourth-order valence-corrected chi connectivity index (χ4v) is 4.33. The van der Waals surface area contributed by atoms with Crippen molar-refractivity contribution in [2.45, 2.75) is 18.0 Å². The predicted molar refractivity (Wildman–Crippen MR) is 104 cm³/mol. The first-order valence-electron chi connectivity index (χ1n) is 8.72. The van der Waals surface area contributed by atoms with Gasteiger partial charge in [-0.1, -0.05) is 18.5 Å².